The number of benzene rings is 2. The average molecular weight is 428 g/mol. The second-order valence-electron chi connectivity index (χ2n) is 5.62. The van der Waals surface area contributed by atoms with E-state index in [9.17, 15) is 13.2 Å². The first-order valence-electron chi connectivity index (χ1n) is 7.15. The van der Waals surface area contributed by atoms with Gasteiger partial charge < -0.3 is 5.32 Å². The van der Waals surface area contributed by atoms with Crippen LogP contribution in [-0.2, 0) is 14.6 Å². The first kappa shape index (κ1) is 19.0. The number of sulfone groups is 1. The van der Waals surface area contributed by atoms with E-state index in [0.29, 0.717) is 5.69 Å². The van der Waals surface area contributed by atoms with Gasteiger partial charge in [0.05, 0.1) is 10.6 Å². The molecule has 0 aliphatic heterocycles. The van der Waals surface area contributed by atoms with Crippen LogP contribution in [0.2, 0.25) is 0 Å². The minimum atomic E-state index is -3.83. The predicted octanol–water partition coefficient (Wildman–Crippen LogP) is 4.36. The third kappa shape index (κ3) is 3.68. The Hall–Kier alpha value is -1.31. The van der Waals surface area contributed by atoms with Gasteiger partial charge in [-0.2, -0.15) is 0 Å². The summed E-state index contributed by atoms with van der Waals surface area (Å²) in [6, 6.07) is 13.6. The fraction of sp³-hybridized carbons (Fsp3) is 0.235. The number of carbonyl (C=O) groups excluding carboxylic acids is 1. The van der Waals surface area contributed by atoms with Crippen molar-refractivity contribution in [2.24, 2.45) is 0 Å². The molecular weight excluding hydrogens is 410 g/mol. The highest BCUT2D eigenvalue weighted by Crippen LogP contribution is 2.30. The van der Waals surface area contributed by atoms with Crippen molar-refractivity contribution in [2.75, 3.05) is 11.6 Å². The molecule has 0 radical (unpaired) electrons. The third-order valence-electron chi connectivity index (χ3n) is 3.70. The van der Waals surface area contributed by atoms with E-state index >= 15 is 0 Å². The van der Waals surface area contributed by atoms with Gasteiger partial charge in [-0.05, 0) is 56.5 Å². The lowest BCUT2D eigenvalue weighted by molar-refractivity contribution is -0.117. The summed E-state index contributed by atoms with van der Waals surface area (Å²) in [5.74, 6) is -0.563. The zero-order chi connectivity index (χ0) is 18.0. The Morgan fingerprint density at radius 2 is 1.67 bits per heavy atom. The number of para-hydroxylation sites is 1. The number of amides is 1. The molecule has 0 heterocycles. The van der Waals surface area contributed by atoms with Crippen molar-refractivity contribution in [3.8, 4) is 0 Å². The Kier molecular flexibility index (Phi) is 5.78. The van der Waals surface area contributed by atoms with Crippen LogP contribution >= 0.6 is 27.7 Å². The minimum Gasteiger partial charge on any atom is -0.324 e. The van der Waals surface area contributed by atoms with Crippen LogP contribution in [0.15, 0.2) is 62.8 Å². The summed E-state index contributed by atoms with van der Waals surface area (Å²) in [6.07, 6.45) is 1.90. The summed E-state index contributed by atoms with van der Waals surface area (Å²) in [5, 5.41) is 2.74. The molecule has 0 fully saturated rings. The van der Waals surface area contributed by atoms with Crippen LogP contribution in [0.5, 0.6) is 0 Å². The van der Waals surface area contributed by atoms with Crippen LogP contribution in [0.25, 0.3) is 0 Å². The zero-order valence-corrected chi connectivity index (χ0v) is 16.8. The highest BCUT2D eigenvalue weighted by molar-refractivity contribution is 9.10. The van der Waals surface area contributed by atoms with E-state index in [4.69, 9.17) is 0 Å². The lowest BCUT2D eigenvalue weighted by Crippen LogP contribution is -2.44. The first-order chi connectivity index (χ1) is 11.2. The molecule has 0 aliphatic carbocycles. The fourth-order valence-electron chi connectivity index (χ4n) is 2.05. The number of hydrogen-bond acceptors (Lipinski definition) is 4. The summed E-state index contributed by atoms with van der Waals surface area (Å²) in [7, 11) is -3.83. The molecule has 0 aliphatic rings. The molecule has 0 spiro atoms. The van der Waals surface area contributed by atoms with Gasteiger partial charge in [0.2, 0.25) is 5.91 Å². The van der Waals surface area contributed by atoms with Crippen LogP contribution in [0, 0.1) is 0 Å². The van der Waals surface area contributed by atoms with Crippen molar-refractivity contribution in [3.05, 3.63) is 53.0 Å². The normalized spacial score (nSPS) is 12.0. The Morgan fingerprint density at radius 1 is 1.08 bits per heavy atom. The van der Waals surface area contributed by atoms with E-state index in [0.717, 1.165) is 9.37 Å². The molecule has 0 unspecified atom stereocenters. The van der Waals surface area contributed by atoms with E-state index < -0.39 is 20.5 Å². The van der Waals surface area contributed by atoms with Crippen molar-refractivity contribution in [1.82, 2.24) is 0 Å². The second kappa shape index (κ2) is 7.29. The minimum absolute atomic E-state index is 0.115. The van der Waals surface area contributed by atoms with E-state index in [-0.39, 0.29) is 4.90 Å². The number of thioether (sulfide) groups is 1. The largest absolute Gasteiger partial charge is 0.324 e. The maximum absolute atomic E-state index is 12.9. The number of carbonyl (C=O) groups is 1. The van der Waals surface area contributed by atoms with Gasteiger partial charge in [-0.1, -0.05) is 28.1 Å². The molecule has 0 bridgehead atoms. The topological polar surface area (TPSA) is 63.2 Å². The lowest BCUT2D eigenvalue weighted by Gasteiger charge is -2.24. The van der Waals surface area contributed by atoms with E-state index in [1.807, 2.05) is 18.4 Å². The molecule has 0 saturated heterocycles. The maximum atomic E-state index is 12.9. The van der Waals surface area contributed by atoms with Crippen molar-refractivity contribution in [2.45, 2.75) is 28.4 Å². The van der Waals surface area contributed by atoms with Crippen molar-refractivity contribution >= 4 is 49.1 Å². The van der Waals surface area contributed by atoms with Gasteiger partial charge in [-0.25, -0.2) is 8.42 Å². The predicted molar refractivity (Wildman–Crippen MR) is 102 cm³/mol. The van der Waals surface area contributed by atoms with Crippen LogP contribution in [0.4, 0.5) is 5.69 Å². The number of hydrogen-bond donors (Lipinski definition) is 1. The summed E-state index contributed by atoms with van der Waals surface area (Å²) < 4.78 is 24.9. The number of nitrogens with one attached hydrogen (secondary N) is 1. The molecule has 7 heteroatoms. The Balaban J connectivity index is 2.34. The van der Waals surface area contributed by atoms with Crippen molar-refractivity contribution < 1.29 is 13.2 Å². The average Bonchev–Trinajstić information content (AvgIpc) is 2.55. The number of rotatable bonds is 5. The van der Waals surface area contributed by atoms with Gasteiger partial charge in [-0.3, -0.25) is 4.79 Å². The molecule has 1 N–H and O–H groups in total. The summed E-state index contributed by atoms with van der Waals surface area (Å²) in [5.41, 5.74) is 0.606. The Morgan fingerprint density at radius 3 is 2.25 bits per heavy atom. The van der Waals surface area contributed by atoms with Crippen molar-refractivity contribution in [3.63, 3.8) is 0 Å². The summed E-state index contributed by atoms with van der Waals surface area (Å²) >= 11 is 4.76. The fourth-order valence-corrected chi connectivity index (χ4v) is 4.25. The van der Waals surface area contributed by atoms with Gasteiger partial charge in [0.25, 0.3) is 0 Å². The van der Waals surface area contributed by atoms with Crippen LogP contribution in [-0.4, -0.2) is 25.3 Å². The first-order valence-corrected chi connectivity index (χ1v) is 10.6. The standard InChI is InChI=1S/C17H18BrNO3S2/c1-17(2,24(21,22)13-10-8-12(18)9-11-13)16(20)19-14-6-4-5-7-15(14)23-3/h4-11H,1-3H3,(H,19,20). The van der Waals surface area contributed by atoms with Gasteiger partial charge in [-0.15, -0.1) is 11.8 Å². The third-order valence-corrected chi connectivity index (χ3v) is 7.44. The Bertz CT molecular complexity index is 846. The zero-order valence-electron chi connectivity index (χ0n) is 13.5. The van der Waals surface area contributed by atoms with Gasteiger partial charge in [0.1, 0.15) is 4.75 Å². The molecule has 0 aromatic heterocycles. The second-order valence-corrected chi connectivity index (χ2v) is 9.88. The molecule has 24 heavy (non-hydrogen) atoms. The van der Waals surface area contributed by atoms with Crippen LogP contribution in [0.1, 0.15) is 13.8 Å². The molecule has 0 saturated carbocycles. The molecule has 128 valence electrons. The molecule has 2 aromatic rings. The van der Waals surface area contributed by atoms with Crippen LogP contribution in [0.3, 0.4) is 0 Å². The SMILES string of the molecule is CSc1ccccc1NC(=O)C(C)(C)S(=O)(=O)c1ccc(Br)cc1. The van der Waals surface area contributed by atoms with E-state index in [1.165, 1.54) is 37.7 Å². The highest BCUT2D eigenvalue weighted by atomic mass is 79.9. The maximum Gasteiger partial charge on any atom is 0.245 e. The number of halogens is 1. The molecule has 1 amide bonds. The summed E-state index contributed by atoms with van der Waals surface area (Å²) in [6.45, 7) is 2.84. The van der Waals surface area contributed by atoms with Gasteiger partial charge >= 0.3 is 0 Å². The quantitative estimate of drug-likeness (QED) is 0.719. The monoisotopic (exact) mass is 427 g/mol. The van der Waals surface area contributed by atoms with E-state index in [1.54, 1.807) is 24.3 Å². The molecule has 0 atom stereocenters. The molecule has 4 nitrogen and oxygen atoms in total. The van der Waals surface area contributed by atoms with Crippen LogP contribution < -0.4 is 5.32 Å². The molecule has 2 aromatic carbocycles. The van der Waals surface area contributed by atoms with Crippen molar-refractivity contribution in [1.29, 1.82) is 0 Å². The highest BCUT2D eigenvalue weighted by Gasteiger charge is 2.43. The Labute approximate surface area is 155 Å². The van der Waals surface area contributed by atoms with E-state index in [2.05, 4.69) is 21.2 Å². The number of anilines is 1. The molecular formula is C17H18BrNO3S2. The van der Waals surface area contributed by atoms with Gasteiger partial charge in [0.15, 0.2) is 9.84 Å². The lowest BCUT2D eigenvalue weighted by atomic mass is 10.2. The molecule has 2 rings (SSSR count). The smallest absolute Gasteiger partial charge is 0.245 e. The van der Waals surface area contributed by atoms with Gasteiger partial charge in [0, 0.05) is 9.37 Å². The summed E-state index contributed by atoms with van der Waals surface area (Å²) in [4.78, 5) is 13.7.